The fourth-order valence-electron chi connectivity index (χ4n) is 3.68. The van der Waals surface area contributed by atoms with Crippen LogP contribution in [-0.2, 0) is 21.6 Å². The fraction of sp³-hybridized carbons (Fsp3) is 0.346. The van der Waals surface area contributed by atoms with Gasteiger partial charge in [-0.15, -0.1) is 0 Å². The van der Waals surface area contributed by atoms with Crippen LogP contribution < -0.4 is 10.6 Å². The maximum atomic E-state index is 12.2. The van der Waals surface area contributed by atoms with Gasteiger partial charge < -0.3 is 19.9 Å². The molecule has 9 heteroatoms. The van der Waals surface area contributed by atoms with E-state index in [0.29, 0.717) is 30.8 Å². The zero-order chi connectivity index (χ0) is 25.0. The summed E-state index contributed by atoms with van der Waals surface area (Å²) >= 11 is 0. The summed E-state index contributed by atoms with van der Waals surface area (Å²) in [5.41, 5.74) is 3.70. The molecule has 1 heterocycles. The zero-order valence-electron chi connectivity index (χ0n) is 20.2. The molecule has 1 aromatic heterocycles. The molecular weight excluding hydrogens is 464 g/mol. The second-order valence-electron chi connectivity index (χ2n) is 8.10. The Morgan fingerprint density at radius 2 is 1.77 bits per heavy atom. The molecule has 0 fully saturated rings. The van der Waals surface area contributed by atoms with Crippen molar-refractivity contribution in [3.63, 3.8) is 0 Å². The maximum Gasteiger partial charge on any atom is 0.319 e. The topological polar surface area (TPSA) is 102 Å². The number of hydrogen-bond acceptors (Lipinski definition) is 5. The molecule has 0 spiro atoms. The van der Waals surface area contributed by atoms with Gasteiger partial charge in [-0.2, -0.15) is 8.42 Å². The van der Waals surface area contributed by atoms with Crippen molar-refractivity contribution < 1.29 is 17.9 Å². The average Bonchev–Trinajstić information content (AvgIpc) is 3.23. The molecule has 0 saturated heterocycles. The van der Waals surface area contributed by atoms with E-state index in [1.54, 1.807) is 30.6 Å². The first kappa shape index (κ1) is 26.2. The number of urea groups is 1. The highest BCUT2D eigenvalue weighted by molar-refractivity contribution is 7.73. The van der Waals surface area contributed by atoms with Gasteiger partial charge in [-0.3, -0.25) is 0 Å². The van der Waals surface area contributed by atoms with Crippen LogP contribution in [0.4, 0.5) is 10.5 Å². The average molecular weight is 497 g/mol. The van der Waals surface area contributed by atoms with Gasteiger partial charge in [0.1, 0.15) is 0 Å². The van der Waals surface area contributed by atoms with Crippen LogP contribution in [0.3, 0.4) is 0 Å². The van der Waals surface area contributed by atoms with Gasteiger partial charge in [0.25, 0.3) is 0 Å². The highest BCUT2D eigenvalue weighted by atomic mass is 32.2. The van der Waals surface area contributed by atoms with Gasteiger partial charge in [-0.05, 0) is 31.9 Å². The number of hydrogen-bond donors (Lipinski definition) is 2. The van der Waals surface area contributed by atoms with E-state index in [2.05, 4.69) is 22.5 Å². The first-order chi connectivity index (χ1) is 17.0. The van der Waals surface area contributed by atoms with Crippen LogP contribution in [0.1, 0.15) is 43.9 Å². The molecule has 8 nitrogen and oxygen atoms in total. The number of para-hydroxylation sites is 1. The SMILES string of the molecule is CCCCCNC(=O)Nc1ccccc1C(OCCCn1cnc(-c2ccccc2)c1C)=S(=O)=O. The van der Waals surface area contributed by atoms with E-state index in [4.69, 9.17) is 4.74 Å². The van der Waals surface area contributed by atoms with Crippen LogP contribution in [0, 0.1) is 6.92 Å². The monoisotopic (exact) mass is 496 g/mol. The minimum Gasteiger partial charge on any atom is -0.338 e. The number of benzene rings is 2. The van der Waals surface area contributed by atoms with Crippen molar-refractivity contribution in [3.05, 3.63) is 72.2 Å². The Hall–Kier alpha value is -3.43. The molecule has 0 atom stereocenters. The Bertz CT molecular complexity index is 1250. The normalized spacial score (nSPS) is 10.7. The lowest BCUT2D eigenvalue weighted by Crippen LogP contribution is -2.30. The summed E-state index contributed by atoms with van der Waals surface area (Å²) in [4.78, 5) is 16.8. The van der Waals surface area contributed by atoms with E-state index in [1.165, 1.54) is 0 Å². The predicted octanol–water partition coefficient (Wildman–Crippen LogP) is 4.63. The molecule has 186 valence electrons. The van der Waals surface area contributed by atoms with Crippen molar-refractivity contribution in [2.75, 3.05) is 18.5 Å². The molecule has 0 unspecified atom stereocenters. The van der Waals surface area contributed by atoms with Crippen molar-refractivity contribution in [1.29, 1.82) is 0 Å². The summed E-state index contributed by atoms with van der Waals surface area (Å²) < 4.78 is 31.6. The number of aryl methyl sites for hydroxylation is 1. The van der Waals surface area contributed by atoms with Crippen LogP contribution in [0.5, 0.6) is 0 Å². The van der Waals surface area contributed by atoms with Crippen LogP contribution in [-0.4, -0.2) is 42.2 Å². The number of ether oxygens (including phenoxy) is 1. The maximum absolute atomic E-state index is 12.2. The van der Waals surface area contributed by atoms with Crippen molar-refractivity contribution >= 4 is 27.1 Å². The number of carbonyl (C=O) groups is 1. The second kappa shape index (κ2) is 13.5. The smallest absolute Gasteiger partial charge is 0.319 e. The minimum atomic E-state index is -2.61. The number of nitrogens with one attached hydrogen (secondary N) is 2. The first-order valence-corrected chi connectivity index (χ1v) is 12.9. The van der Waals surface area contributed by atoms with Gasteiger partial charge >= 0.3 is 6.03 Å². The largest absolute Gasteiger partial charge is 0.338 e. The Morgan fingerprint density at radius 1 is 1.03 bits per heavy atom. The predicted molar refractivity (Wildman–Crippen MR) is 139 cm³/mol. The lowest BCUT2D eigenvalue weighted by atomic mass is 10.1. The van der Waals surface area contributed by atoms with E-state index in [0.717, 1.165) is 36.2 Å². The van der Waals surface area contributed by atoms with E-state index in [-0.39, 0.29) is 17.7 Å². The molecule has 35 heavy (non-hydrogen) atoms. The molecule has 2 N–H and O–H groups in total. The van der Waals surface area contributed by atoms with Crippen LogP contribution in [0.25, 0.3) is 11.3 Å². The van der Waals surface area contributed by atoms with Gasteiger partial charge in [0.15, 0.2) is 0 Å². The minimum absolute atomic E-state index is 0.194. The number of amides is 2. The standard InChI is InChI=1S/C26H32N4O4S/c1-3-4-10-16-27-26(31)29-23-15-9-8-14-22(23)25(35(32)33)34-18-11-17-30-19-28-24(20(30)2)21-12-6-5-7-13-21/h5-9,12-15,19H,3-4,10-11,16-18H2,1-2H3,(H2,27,29,31). The quantitative estimate of drug-likeness (QED) is 0.298. The molecule has 0 bridgehead atoms. The number of aromatic nitrogens is 2. The number of carbonyl (C=O) groups excluding carboxylic acids is 1. The molecule has 3 rings (SSSR count). The highest BCUT2D eigenvalue weighted by Crippen LogP contribution is 2.21. The third kappa shape index (κ3) is 7.53. The fourth-order valence-corrected chi connectivity index (χ4v) is 4.21. The summed E-state index contributed by atoms with van der Waals surface area (Å²) in [6, 6.07) is 16.3. The third-order valence-electron chi connectivity index (χ3n) is 5.54. The van der Waals surface area contributed by atoms with Crippen molar-refractivity contribution in [1.82, 2.24) is 14.9 Å². The number of rotatable bonds is 11. The van der Waals surface area contributed by atoms with Gasteiger partial charge in [-0.1, -0.05) is 62.2 Å². The summed E-state index contributed by atoms with van der Waals surface area (Å²) in [6.45, 7) is 5.48. The van der Waals surface area contributed by atoms with Crippen molar-refractivity contribution in [2.45, 2.75) is 46.1 Å². The van der Waals surface area contributed by atoms with Crippen molar-refractivity contribution in [3.8, 4) is 11.3 Å². The Morgan fingerprint density at radius 3 is 2.51 bits per heavy atom. The molecule has 0 radical (unpaired) electrons. The van der Waals surface area contributed by atoms with Gasteiger partial charge in [0.05, 0.1) is 24.3 Å². The van der Waals surface area contributed by atoms with E-state index < -0.39 is 10.3 Å². The van der Waals surface area contributed by atoms with Crippen LogP contribution in [0.15, 0.2) is 60.9 Å². The van der Waals surface area contributed by atoms with Gasteiger partial charge in [0, 0.05) is 29.9 Å². The number of imidazole rings is 1. The highest BCUT2D eigenvalue weighted by Gasteiger charge is 2.14. The molecule has 2 aromatic carbocycles. The summed E-state index contributed by atoms with van der Waals surface area (Å²) in [5, 5.41) is 5.32. The lowest BCUT2D eigenvalue weighted by Gasteiger charge is -2.13. The molecule has 0 saturated carbocycles. The molecule has 3 aromatic rings. The van der Waals surface area contributed by atoms with Crippen LogP contribution >= 0.6 is 0 Å². The molecule has 0 aliphatic rings. The Labute approximate surface area is 207 Å². The van der Waals surface area contributed by atoms with E-state index in [9.17, 15) is 13.2 Å². The second-order valence-corrected chi connectivity index (χ2v) is 8.94. The summed E-state index contributed by atoms with van der Waals surface area (Å²) in [7, 11) is -2.61. The first-order valence-electron chi connectivity index (χ1n) is 11.8. The molecule has 0 aliphatic carbocycles. The third-order valence-corrected chi connectivity index (χ3v) is 6.18. The number of anilines is 1. The molecule has 0 aliphatic heterocycles. The number of unbranched alkanes of at least 4 members (excludes halogenated alkanes) is 2. The van der Waals surface area contributed by atoms with E-state index in [1.807, 2.05) is 41.8 Å². The van der Waals surface area contributed by atoms with Gasteiger partial charge in [0.2, 0.25) is 15.3 Å². The Balaban J connectivity index is 1.60. The molecular formula is C26H32N4O4S. The zero-order valence-corrected chi connectivity index (χ0v) is 21.0. The lowest BCUT2D eigenvalue weighted by molar-refractivity contribution is 0.252. The molecule has 2 amide bonds. The number of nitrogens with zero attached hydrogens (tertiary/aromatic N) is 2. The van der Waals surface area contributed by atoms with Gasteiger partial charge in [-0.25, -0.2) is 9.78 Å². The Kier molecular flexibility index (Phi) is 10.1. The van der Waals surface area contributed by atoms with Crippen molar-refractivity contribution in [2.24, 2.45) is 0 Å². The van der Waals surface area contributed by atoms with E-state index >= 15 is 0 Å². The summed E-state index contributed by atoms with van der Waals surface area (Å²) in [5.74, 6) is 0. The van der Waals surface area contributed by atoms with Crippen LogP contribution in [0.2, 0.25) is 0 Å². The summed E-state index contributed by atoms with van der Waals surface area (Å²) in [6.07, 6.45) is 5.35.